The van der Waals surface area contributed by atoms with Gasteiger partial charge in [0.15, 0.2) is 0 Å². The van der Waals surface area contributed by atoms with E-state index in [9.17, 15) is 18.8 Å². The molecule has 1 saturated heterocycles. The number of nitrogens with zero attached hydrogens (tertiary/aromatic N) is 1. The van der Waals surface area contributed by atoms with E-state index in [2.05, 4.69) is 5.32 Å². The molecule has 1 N–H and O–H groups in total. The summed E-state index contributed by atoms with van der Waals surface area (Å²) in [6, 6.07) is 16.0. The predicted octanol–water partition coefficient (Wildman–Crippen LogP) is 4.73. The van der Waals surface area contributed by atoms with Gasteiger partial charge in [-0.05, 0) is 48.0 Å². The molecule has 4 amide bonds. The van der Waals surface area contributed by atoms with Gasteiger partial charge in [-0.15, -0.1) is 0 Å². The van der Waals surface area contributed by atoms with Gasteiger partial charge in [0.05, 0.1) is 17.8 Å². The van der Waals surface area contributed by atoms with Crippen LogP contribution in [0.3, 0.4) is 0 Å². The number of carbonyl (C=O) groups excluding carboxylic acids is 3. The number of nitrogens with one attached hydrogen (secondary N) is 1. The fraction of sp³-hybridized carbons (Fsp3) is 0.0800. The van der Waals surface area contributed by atoms with Crippen LogP contribution in [0.1, 0.15) is 11.1 Å². The van der Waals surface area contributed by atoms with Crippen LogP contribution >= 0.6 is 11.6 Å². The Labute approximate surface area is 199 Å². The van der Waals surface area contributed by atoms with Crippen LogP contribution < -0.4 is 19.7 Å². The van der Waals surface area contributed by atoms with Crippen molar-refractivity contribution in [3.63, 3.8) is 0 Å². The van der Waals surface area contributed by atoms with Crippen molar-refractivity contribution in [3.8, 4) is 11.5 Å². The molecule has 3 aromatic rings. The van der Waals surface area contributed by atoms with E-state index in [-0.39, 0.29) is 28.7 Å². The number of benzene rings is 3. The second-order valence-electron chi connectivity index (χ2n) is 7.23. The number of halogens is 2. The number of methoxy groups -OCH3 is 1. The minimum absolute atomic E-state index is 0.105. The predicted molar refractivity (Wildman–Crippen MR) is 124 cm³/mol. The number of hydrogen-bond donors (Lipinski definition) is 1. The number of anilines is 1. The highest BCUT2D eigenvalue weighted by atomic mass is 35.5. The van der Waals surface area contributed by atoms with Crippen LogP contribution in [0.2, 0.25) is 5.02 Å². The molecule has 1 fully saturated rings. The molecule has 0 unspecified atom stereocenters. The number of carbonyl (C=O) groups is 3. The van der Waals surface area contributed by atoms with Crippen LogP contribution in [-0.4, -0.2) is 25.0 Å². The molecule has 34 heavy (non-hydrogen) atoms. The lowest BCUT2D eigenvalue weighted by molar-refractivity contribution is -0.122. The molecule has 0 radical (unpaired) electrons. The van der Waals surface area contributed by atoms with Crippen LogP contribution in [0.5, 0.6) is 11.5 Å². The van der Waals surface area contributed by atoms with E-state index in [1.165, 1.54) is 37.5 Å². The second-order valence-corrected chi connectivity index (χ2v) is 7.64. The van der Waals surface area contributed by atoms with Crippen molar-refractivity contribution >= 4 is 41.2 Å². The van der Waals surface area contributed by atoms with Gasteiger partial charge in [-0.3, -0.25) is 14.9 Å². The zero-order chi connectivity index (χ0) is 24.2. The lowest BCUT2D eigenvalue weighted by Gasteiger charge is -2.27. The zero-order valence-corrected chi connectivity index (χ0v) is 18.6. The highest BCUT2D eigenvalue weighted by Crippen LogP contribution is 2.31. The van der Waals surface area contributed by atoms with Gasteiger partial charge in [-0.1, -0.05) is 35.9 Å². The molecule has 0 aliphatic carbocycles. The molecule has 3 aromatic carbocycles. The summed E-state index contributed by atoms with van der Waals surface area (Å²) < 4.78 is 24.3. The van der Waals surface area contributed by atoms with Crippen molar-refractivity contribution in [2.45, 2.75) is 6.61 Å². The van der Waals surface area contributed by atoms with Crippen LogP contribution in [0.25, 0.3) is 6.08 Å². The Morgan fingerprint density at radius 2 is 1.76 bits per heavy atom. The summed E-state index contributed by atoms with van der Waals surface area (Å²) in [6.07, 6.45) is 1.33. The van der Waals surface area contributed by atoms with Crippen LogP contribution in [0.4, 0.5) is 14.9 Å². The smallest absolute Gasteiger partial charge is 0.335 e. The first kappa shape index (κ1) is 23.0. The highest BCUT2D eigenvalue weighted by molar-refractivity contribution is 6.42. The van der Waals surface area contributed by atoms with Crippen LogP contribution in [0, 0.1) is 5.82 Å². The van der Waals surface area contributed by atoms with Crippen molar-refractivity contribution < 1.29 is 28.2 Å². The van der Waals surface area contributed by atoms with Gasteiger partial charge in [-0.25, -0.2) is 14.1 Å². The maximum Gasteiger partial charge on any atom is 0.335 e. The van der Waals surface area contributed by atoms with Gasteiger partial charge in [0.1, 0.15) is 29.5 Å². The molecule has 4 rings (SSSR count). The Hall–Kier alpha value is -4.17. The largest absolute Gasteiger partial charge is 0.497 e. The molecule has 0 aromatic heterocycles. The SMILES string of the molecule is COc1ccc(/C=C2\C(=O)NC(=O)N(c3ccccc3Cl)C2=O)c(OCc2ccc(F)cc2)c1. The summed E-state index contributed by atoms with van der Waals surface area (Å²) in [7, 11) is 1.49. The summed E-state index contributed by atoms with van der Waals surface area (Å²) in [4.78, 5) is 38.9. The van der Waals surface area contributed by atoms with E-state index < -0.39 is 17.8 Å². The number of hydrogen-bond acceptors (Lipinski definition) is 5. The molecule has 0 atom stereocenters. The fourth-order valence-electron chi connectivity index (χ4n) is 3.29. The first-order valence-corrected chi connectivity index (χ1v) is 10.5. The topological polar surface area (TPSA) is 84.9 Å². The van der Waals surface area contributed by atoms with Crippen molar-refractivity contribution in [3.05, 3.63) is 94.3 Å². The zero-order valence-electron chi connectivity index (χ0n) is 17.9. The maximum atomic E-state index is 13.2. The average molecular weight is 481 g/mol. The molecular weight excluding hydrogens is 463 g/mol. The summed E-state index contributed by atoms with van der Waals surface area (Å²) in [5.74, 6) is -1.24. The summed E-state index contributed by atoms with van der Waals surface area (Å²) in [5, 5.41) is 2.33. The molecule has 9 heteroatoms. The fourth-order valence-corrected chi connectivity index (χ4v) is 3.51. The second kappa shape index (κ2) is 9.76. The first-order chi connectivity index (χ1) is 16.4. The van der Waals surface area contributed by atoms with Gasteiger partial charge in [-0.2, -0.15) is 0 Å². The number of urea groups is 1. The molecule has 0 spiro atoms. The van der Waals surface area contributed by atoms with Crippen molar-refractivity contribution in [2.24, 2.45) is 0 Å². The average Bonchev–Trinajstić information content (AvgIpc) is 2.83. The third kappa shape index (κ3) is 4.77. The number of para-hydroxylation sites is 1. The minimum Gasteiger partial charge on any atom is -0.497 e. The quantitative estimate of drug-likeness (QED) is 0.407. The van der Waals surface area contributed by atoms with Crippen molar-refractivity contribution in [1.29, 1.82) is 0 Å². The summed E-state index contributed by atoms with van der Waals surface area (Å²) in [6.45, 7) is 0.105. The van der Waals surface area contributed by atoms with E-state index in [1.807, 2.05) is 0 Å². The number of ether oxygens (including phenoxy) is 2. The van der Waals surface area contributed by atoms with Crippen LogP contribution in [0.15, 0.2) is 72.3 Å². The Kier molecular flexibility index (Phi) is 6.60. The number of barbiturate groups is 1. The van der Waals surface area contributed by atoms with E-state index in [1.54, 1.807) is 42.5 Å². The van der Waals surface area contributed by atoms with E-state index in [0.29, 0.717) is 22.6 Å². The van der Waals surface area contributed by atoms with Gasteiger partial charge in [0, 0.05) is 11.6 Å². The van der Waals surface area contributed by atoms with Gasteiger partial charge >= 0.3 is 6.03 Å². The summed E-state index contributed by atoms with van der Waals surface area (Å²) in [5.41, 5.74) is 0.976. The molecule has 0 bridgehead atoms. The molecule has 1 aliphatic heterocycles. The third-order valence-corrected chi connectivity index (χ3v) is 5.34. The minimum atomic E-state index is -0.900. The van der Waals surface area contributed by atoms with Gasteiger partial charge in [0.2, 0.25) is 0 Å². The normalized spacial score (nSPS) is 14.9. The van der Waals surface area contributed by atoms with Crippen LogP contribution in [-0.2, 0) is 16.2 Å². The highest BCUT2D eigenvalue weighted by Gasteiger charge is 2.37. The number of rotatable bonds is 6. The molecule has 1 heterocycles. The Balaban J connectivity index is 1.69. The Morgan fingerprint density at radius 3 is 2.47 bits per heavy atom. The Bertz CT molecular complexity index is 1310. The summed E-state index contributed by atoms with van der Waals surface area (Å²) >= 11 is 6.16. The van der Waals surface area contributed by atoms with Crippen molar-refractivity contribution in [2.75, 3.05) is 12.0 Å². The lowest BCUT2D eigenvalue weighted by atomic mass is 10.1. The molecule has 7 nitrogen and oxygen atoms in total. The molecule has 1 aliphatic rings. The Morgan fingerprint density at radius 1 is 1.03 bits per heavy atom. The van der Waals surface area contributed by atoms with Crippen molar-refractivity contribution in [1.82, 2.24) is 5.32 Å². The van der Waals surface area contributed by atoms with E-state index in [0.717, 1.165) is 4.90 Å². The standard InChI is InChI=1S/C25H18ClFN2O5/c1-33-18-11-8-16(22(13-18)34-14-15-6-9-17(27)10-7-15)12-19-23(30)28-25(32)29(24(19)31)21-5-3-2-4-20(21)26/h2-13H,14H2,1H3,(H,28,30,32)/b19-12+. The van der Waals surface area contributed by atoms with Gasteiger partial charge in [0.25, 0.3) is 11.8 Å². The van der Waals surface area contributed by atoms with E-state index >= 15 is 0 Å². The molecule has 172 valence electrons. The van der Waals surface area contributed by atoms with E-state index in [4.69, 9.17) is 21.1 Å². The molecular formula is C25H18ClFN2O5. The third-order valence-electron chi connectivity index (χ3n) is 5.02. The maximum absolute atomic E-state index is 13.2. The number of amides is 4. The first-order valence-electron chi connectivity index (χ1n) is 10.1. The molecule has 0 saturated carbocycles. The lowest BCUT2D eigenvalue weighted by Crippen LogP contribution is -2.54. The monoisotopic (exact) mass is 480 g/mol. The van der Waals surface area contributed by atoms with Gasteiger partial charge < -0.3 is 9.47 Å². The number of imide groups is 2.